The first-order valence-electron chi connectivity index (χ1n) is 8.96. The van der Waals surface area contributed by atoms with E-state index in [9.17, 15) is 8.42 Å². The summed E-state index contributed by atoms with van der Waals surface area (Å²) in [6, 6.07) is 17.0. The molecule has 2 aromatic carbocycles. The lowest BCUT2D eigenvalue weighted by atomic mass is 10.1. The third kappa shape index (κ3) is 4.74. The number of hydrogen-bond donors (Lipinski definition) is 1. The number of benzene rings is 2. The quantitative estimate of drug-likeness (QED) is 0.618. The first kappa shape index (κ1) is 20.0. The van der Waals surface area contributed by atoms with Crippen molar-refractivity contribution in [3.63, 3.8) is 0 Å². The van der Waals surface area contributed by atoms with E-state index in [0.717, 1.165) is 27.9 Å². The van der Waals surface area contributed by atoms with Crippen molar-refractivity contribution >= 4 is 10.0 Å². The number of rotatable bonds is 7. The molecule has 6 nitrogen and oxygen atoms in total. The average molecular weight is 398 g/mol. The number of hydrogen-bond acceptors (Lipinski definition) is 5. The molecule has 0 aliphatic carbocycles. The highest BCUT2D eigenvalue weighted by Crippen LogP contribution is 2.21. The molecule has 0 aliphatic heterocycles. The molecule has 0 unspecified atom stereocenters. The fourth-order valence-electron chi connectivity index (χ4n) is 3.15. The number of ether oxygens (including phenoxy) is 1. The standard InChI is InChI=1S/C21H23N3O3S/c1-15-13-16(2)21(17(3)14-15)28(25,26)22-11-12-27-20-10-9-19(23-24-20)18-7-5-4-6-8-18/h4-10,13-14,22H,11-12H2,1-3H3. The van der Waals surface area contributed by atoms with Gasteiger partial charge < -0.3 is 4.74 Å². The maximum atomic E-state index is 12.6. The van der Waals surface area contributed by atoms with Crippen molar-refractivity contribution < 1.29 is 13.2 Å². The number of aryl methyl sites for hydroxylation is 3. The summed E-state index contributed by atoms with van der Waals surface area (Å²) >= 11 is 0. The Hall–Kier alpha value is -2.77. The molecule has 0 atom stereocenters. The molecule has 7 heteroatoms. The minimum atomic E-state index is -3.60. The van der Waals surface area contributed by atoms with Crippen LogP contribution in [0.5, 0.6) is 5.88 Å². The largest absolute Gasteiger partial charge is 0.475 e. The van der Waals surface area contributed by atoms with Crippen LogP contribution in [0.25, 0.3) is 11.3 Å². The summed E-state index contributed by atoms with van der Waals surface area (Å²) in [7, 11) is -3.60. The first-order chi connectivity index (χ1) is 13.4. The number of sulfonamides is 1. The number of nitrogens with one attached hydrogen (secondary N) is 1. The summed E-state index contributed by atoms with van der Waals surface area (Å²) in [6.45, 7) is 5.84. The molecular formula is C21H23N3O3S. The van der Waals surface area contributed by atoms with Gasteiger partial charge in [0.25, 0.3) is 0 Å². The van der Waals surface area contributed by atoms with E-state index in [4.69, 9.17) is 4.74 Å². The van der Waals surface area contributed by atoms with Crippen LogP contribution in [0.1, 0.15) is 16.7 Å². The highest BCUT2D eigenvalue weighted by atomic mass is 32.2. The van der Waals surface area contributed by atoms with E-state index in [1.54, 1.807) is 19.9 Å². The normalized spacial score (nSPS) is 11.4. The van der Waals surface area contributed by atoms with Gasteiger partial charge in [0.1, 0.15) is 6.61 Å². The molecule has 1 N–H and O–H groups in total. The predicted molar refractivity (Wildman–Crippen MR) is 109 cm³/mol. The molecule has 0 aliphatic rings. The monoisotopic (exact) mass is 397 g/mol. The molecule has 1 heterocycles. The molecule has 0 spiro atoms. The fraction of sp³-hybridized carbons (Fsp3) is 0.238. The van der Waals surface area contributed by atoms with Crippen molar-refractivity contribution in [2.45, 2.75) is 25.7 Å². The van der Waals surface area contributed by atoms with Crippen LogP contribution in [0.2, 0.25) is 0 Å². The van der Waals surface area contributed by atoms with E-state index in [1.807, 2.05) is 55.5 Å². The van der Waals surface area contributed by atoms with Gasteiger partial charge in [0.15, 0.2) is 0 Å². The molecule has 3 aromatic rings. The van der Waals surface area contributed by atoms with Crippen LogP contribution in [0, 0.1) is 20.8 Å². The Morgan fingerprint density at radius 1 is 0.929 bits per heavy atom. The van der Waals surface area contributed by atoms with Crippen molar-refractivity contribution in [3.05, 3.63) is 71.3 Å². The minimum Gasteiger partial charge on any atom is -0.475 e. The SMILES string of the molecule is Cc1cc(C)c(S(=O)(=O)NCCOc2ccc(-c3ccccc3)nn2)c(C)c1. The Morgan fingerprint density at radius 2 is 1.61 bits per heavy atom. The molecule has 0 amide bonds. The lowest BCUT2D eigenvalue weighted by Gasteiger charge is -2.13. The summed E-state index contributed by atoms with van der Waals surface area (Å²) in [5.41, 5.74) is 4.22. The summed E-state index contributed by atoms with van der Waals surface area (Å²) in [5, 5.41) is 8.18. The van der Waals surface area contributed by atoms with Crippen molar-refractivity contribution in [2.75, 3.05) is 13.2 Å². The second-order valence-electron chi connectivity index (χ2n) is 6.60. The minimum absolute atomic E-state index is 0.136. The maximum absolute atomic E-state index is 12.6. The number of aromatic nitrogens is 2. The van der Waals surface area contributed by atoms with Crippen LogP contribution in [-0.4, -0.2) is 31.8 Å². The molecule has 3 rings (SSSR count). The maximum Gasteiger partial charge on any atom is 0.241 e. The van der Waals surface area contributed by atoms with E-state index < -0.39 is 10.0 Å². The van der Waals surface area contributed by atoms with Crippen molar-refractivity contribution in [1.29, 1.82) is 0 Å². The van der Waals surface area contributed by atoms with Crippen LogP contribution in [0.3, 0.4) is 0 Å². The number of nitrogens with zero attached hydrogens (tertiary/aromatic N) is 2. The van der Waals surface area contributed by atoms with Crippen LogP contribution in [0.15, 0.2) is 59.5 Å². The van der Waals surface area contributed by atoms with Gasteiger partial charge in [0.05, 0.1) is 10.6 Å². The molecule has 0 fully saturated rings. The molecular weight excluding hydrogens is 374 g/mol. The van der Waals surface area contributed by atoms with Gasteiger partial charge in [0.2, 0.25) is 15.9 Å². The van der Waals surface area contributed by atoms with E-state index in [2.05, 4.69) is 14.9 Å². The van der Waals surface area contributed by atoms with Crippen molar-refractivity contribution in [2.24, 2.45) is 0 Å². The van der Waals surface area contributed by atoms with Crippen LogP contribution < -0.4 is 9.46 Å². The van der Waals surface area contributed by atoms with Gasteiger partial charge in [-0.25, -0.2) is 13.1 Å². The van der Waals surface area contributed by atoms with Gasteiger partial charge in [-0.15, -0.1) is 10.2 Å². The van der Waals surface area contributed by atoms with Crippen molar-refractivity contribution in [1.82, 2.24) is 14.9 Å². The Morgan fingerprint density at radius 3 is 2.21 bits per heavy atom. The highest BCUT2D eigenvalue weighted by Gasteiger charge is 2.19. The zero-order valence-electron chi connectivity index (χ0n) is 16.1. The second kappa shape index (κ2) is 8.50. The Kier molecular flexibility index (Phi) is 6.06. The molecule has 146 valence electrons. The van der Waals surface area contributed by atoms with Gasteiger partial charge in [0, 0.05) is 18.2 Å². The summed E-state index contributed by atoms with van der Waals surface area (Å²) in [5.74, 6) is 0.349. The van der Waals surface area contributed by atoms with Gasteiger partial charge in [-0.3, -0.25) is 0 Å². The first-order valence-corrected chi connectivity index (χ1v) is 10.4. The second-order valence-corrected chi connectivity index (χ2v) is 8.30. The van der Waals surface area contributed by atoms with Crippen LogP contribution in [-0.2, 0) is 10.0 Å². The van der Waals surface area contributed by atoms with Crippen LogP contribution >= 0.6 is 0 Å². The summed E-state index contributed by atoms with van der Waals surface area (Å²) < 4.78 is 33.3. The Labute approximate surface area is 165 Å². The molecule has 0 bridgehead atoms. The third-order valence-electron chi connectivity index (χ3n) is 4.23. The van der Waals surface area contributed by atoms with E-state index in [0.29, 0.717) is 10.8 Å². The van der Waals surface area contributed by atoms with Gasteiger partial charge >= 0.3 is 0 Å². The molecule has 0 saturated heterocycles. The molecule has 28 heavy (non-hydrogen) atoms. The molecule has 0 saturated carbocycles. The van der Waals surface area contributed by atoms with Gasteiger partial charge in [-0.1, -0.05) is 48.0 Å². The van der Waals surface area contributed by atoms with E-state index in [1.165, 1.54) is 0 Å². The summed E-state index contributed by atoms with van der Waals surface area (Å²) in [6.07, 6.45) is 0. The Bertz CT molecular complexity index is 1030. The van der Waals surface area contributed by atoms with E-state index in [-0.39, 0.29) is 13.2 Å². The topological polar surface area (TPSA) is 81.2 Å². The average Bonchev–Trinajstić information content (AvgIpc) is 2.65. The predicted octanol–water partition coefficient (Wildman–Crippen LogP) is 3.43. The smallest absolute Gasteiger partial charge is 0.241 e. The van der Waals surface area contributed by atoms with Gasteiger partial charge in [-0.05, 0) is 38.0 Å². The fourth-order valence-corrected chi connectivity index (χ4v) is 4.62. The Balaban J connectivity index is 1.57. The zero-order valence-corrected chi connectivity index (χ0v) is 17.0. The molecule has 0 radical (unpaired) electrons. The lowest BCUT2D eigenvalue weighted by molar-refractivity contribution is 0.307. The zero-order chi connectivity index (χ0) is 20.1. The van der Waals surface area contributed by atoms with Crippen LogP contribution in [0.4, 0.5) is 0 Å². The van der Waals surface area contributed by atoms with E-state index >= 15 is 0 Å². The third-order valence-corrected chi connectivity index (χ3v) is 5.99. The highest BCUT2D eigenvalue weighted by molar-refractivity contribution is 7.89. The molecule has 1 aromatic heterocycles. The summed E-state index contributed by atoms with van der Waals surface area (Å²) in [4.78, 5) is 0.324. The van der Waals surface area contributed by atoms with Gasteiger partial charge in [-0.2, -0.15) is 0 Å². The lowest BCUT2D eigenvalue weighted by Crippen LogP contribution is -2.29. The van der Waals surface area contributed by atoms with Crippen molar-refractivity contribution in [3.8, 4) is 17.1 Å².